The van der Waals surface area contributed by atoms with Crippen molar-refractivity contribution in [3.63, 3.8) is 0 Å². The Morgan fingerprint density at radius 2 is 2.21 bits per heavy atom. The normalized spacial score (nSPS) is 16.9. The molecule has 0 spiro atoms. The van der Waals surface area contributed by atoms with Crippen molar-refractivity contribution in [1.82, 2.24) is 29.8 Å². The number of carbonyl (C=O) groups excluding carboxylic acids is 1. The van der Waals surface area contributed by atoms with Gasteiger partial charge in [0.25, 0.3) is 5.89 Å². The first kappa shape index (κ1) is 19.6. The molecular formula is C19H22N6O3S. The molecule has 0 saturated carbocycles. The summed E-state index contributed by atoms with van der Waals surface area (Å²) in [7, 11) is 0. The first-order valence-corrected chi connectivity index (χ1v) is 10.4. The molecule has 1 atom stereocenters. The van der Waals surface area contributed by atoms with Gasteiger partial charge >= 0.3 is 0 Å². The number of rotatable bonds is 6. The Morgan fingerprint density at radius 1 is 1.34 bits per heavy atom. The number of aryl methyl sites for hydroxylation is 2. The van der Waals surface area contributed by atoms with Gasteiger partial charge in [0.1, 0.15) is 12.4 Å². The average Bonchev–Trinajstić information content (AvgIpc) is 3.40. The molecule has 1 aromatic carbocycles. The second-order valence-corrected chi connectivity index (χ2v) is 7.55. The van der Waals surface area contributed by atoms with Gasteiger partial charge in [-0.3, -0.25) is 9.36 Å². The molecule has 0 bridgehead atoms. The van der Waals surface area contributed by atoms with Gasteiger partial charge in [-0.15, -0.1) is 10.2 Å². The van der Waals surface area contributed by atoms with Gasteiger partial charge in [-0.2, -0.15) is 4.98 Å². The summed E-state index contributed by atoms with van der Waals surface area (Å²) in [6.45, 7) is 5.17. The number of hydrogen-bond donors (Lipinski definition) is 0. The van der Waals surface area contributed by atoms with E-state index in [9.17, 15) is 4.79 Å². The Kier molecular flexibility index (Phi) is 5.91. The molecule has 1 amide bonds. The highest BCUT2D eigenvalue weighted by Crippen LogP contribution is 2.26. The van der Waals surface area contributed by atoms with E-state index in [1.807, 2.05) is 22.8 Å². The van der Waals surface area contributed by atoms with Gasteiger partial charge in [0.2, 0.25) is 5.91 Å². The minimum absolute atomic E-state index is 0.0301. The Balaban J connectivity index is 1.48. The highest BCUT2D eigenvalue weighted by atomic mass is 32.2. The van der Waals surface area contributed by atoms with Crippen LogP contribution in [0.5, 0.6) is 0 Å². The summed E-state index contributed by atoms with van der Waals surface area (Å²) in [4.78, 5) is 19.0. The van der Waals surface area contributed by atoms with Crippen LogP contribution in [0.1, 0.15) is 30.2 Å². The van der Waals surface area contributed by atoms with E-state index < -0.39 is 0 Å². The zero-order chi connectivity index (χ0) is 20.2. The summed E-state index contributed by atoms with van der Waals surface area (Å²) >= 11 is 1.36. The quantitative estimate of drug-likeness (QED) is 0.566. The predicted molar refractivity (Wildman–Crippen MR) is 106 cm³/mol. The van der Waals surface area contributed by atoms with Crippen LogP contribution in [0.2, 0.25) is 0 Å². The Bertz CT molecular complexity index is 988. The third kappa shape index (κ3) is 4.18. The highest BCUT2D eigenvalue weighted by molar-refractivity contribution is 7.99. The molecule has 152 valence electrons. The molecule has 3 aromatic rings. The van der Waals surface area contributed by atoms with Crippen molar-refractivity contribution < 1.29 is 14.1 Å². The van der Waals surface area contributed by atoms with Gasteiger partial charge in [0, 0.05) is 6.54 Å². The van der Waals surface area contributed by atoms with E-state index in [1.165, 1.54) is 17.3 Å². The first-order valence-electron chi connectivity index (χ1n) is 9.46. The number of hydrogen-bond acceptors (Lipinski definition) is 8. The highest BCUT2D eigenvalue weighted by Gasteiger charge is 2.32. The molecule has 0 unspecified atom stereocenters. The van der Waals surface area contributed by atoms with Crippen LogP contribution in [0, 0.1) is 6.92 Å². The second-order valence-electron chi connectivity index (χ2n) is 6.61. The van der Waals surface area contributed by atoms with E-state index >= 15 is 0 Å². The maximum atomic E-state index is 13.0. The van der Waals surface area contributed by atoms with E-state index in [2.05, 4.69) is 33.3 Å². The third-order valence-electron chi connectivity index (χ3n) is 4.75. The number of nitrogens with zero attached hydrogens (tertiary/aromatic N) is 6. The third-order valence-corrected chi connectivity index (χ3v) is 5.68. The van der Waals surface area contributed by atoms with Crippen LogP contribution >= 0.6 is 11.8 Å². The number of morpholine rings is 1. The van der Waals surface area contributed by atoms with E-state index in [-0.39, 0.29) is 17.7 Å². The van der Waals surface area contributed by atoms with E-state index in [4.69, 9.17) is 9.26 Å². The molecule has 1 fully saturated rings. The lowest BCUT2D eigenvalue weighted by Crippen LogP contribution is -2.44. The van der Waals surface area contributed by atoms with E-state index in [0.29, 0.717) is 36.6 Å². The van der Waals surface area contributed by atoms with Crippen LogP contribution in [-0.2, 0) is 16.0 Å². The fraction of sp³-hybridized carbons (Fsp3) is 0.421. The monoisotopic (exact) mass is 414 g/mol. The smallest absolute Gasteiger partial charge is 0.251 e. The van der Waals surface area contributed by atoms with Crippen LogP contribution < -0.4 is 0 Å². The SMILES string of the molecule is CCc1ccccc1-n1cnnc1SCC(=O)N1CCOC[C@H]1c1nc(C)no1. The lowest BCUT2D eigenvalue weighted by molar-refractivity contribution is -0.138. The van der Waals surface area contributed by atoms with Gasteiger partial charge in [-0.05, 0) is 25.0 Å². The standard InChI is InChI=1S/C19H22N6O3S/c1-3-14-6-4-5-7-15(14)25-12-20-22-19(25)29-11-17(26)24-8-9-27-10-16(24)18-21-13(2)23-28-18/h4-7,12,16H,3,8-11H2,1-2H3/t16-/m0/s1. The Labute approximate surface area is 172 Å². The molecule has 1 saturated heterocycles. The van der Waals surface area contributed by atoms with Crippen molar-refractivity contribution in [2.45, 2.75) is 31.5 Å². The van der Waals surface area contributed by atoms with Crippen molar-refractivity contribution in [2.75, 3.05) is 25.5 Å². The zero-order valence-corrected chi connectivity index (χ0v) is 17.1. The summed E-state index contributed by atoms with van der Waals surface area (Å²) in [5, 5.41) is 12.8. The van der Waals surface area contributed by atoms with Gasteiger partial charge in [-0.1, -0.05) is 42.0 Å². The minimum Gasteiger partial charge on any atom is -0.377 e. The molecule has 3 heterocycles. The fourth-order valence-corrected chi connectivity index (χ4v) is 4.11. The lowest BCUT2D eigenvalue weighted by atomic mass is 10.1. The van der Waals surface area contributed by atoms with E-state index in [0.717, 1.165) is 12.1 Å². The van der Waals surface area contributed by atoms with Crippen molar-refractivity contribution in [3.05, 3.63) is 47.9 Å². The largest absolute Gasteiger partial charge is 0.377 e. The number of ether oxygens (including phenoxy) is 1. The number of thioether (sulfide) groups is 1. The maximum absolute atomic E-state index is 13.0. The molecule has 1 aliphatic heterocycles. The maximum Gasteiger partial charge on any atom is 0.251 e. The first-order chi connectivity index (χ1) is 14.2. The molecule has 0 radical (unpaired) electrons. The van der Waals surface area contributed by atoms with Crippen LogP contribution in [0.4, 0.5) is 0 Å². The summed E-state index contributed by atoms with van der Waals surface area (Å²) in [6, 6.07) is 7.75. The topological polar surface area (TPSA) is 99.2 Å². The van der Waals surface area contributed by atoms with Crippen LogP contribution in [0.15, 0.2) is 40.3 Å². The van der Waals surface area contributed by atoms with Crippen molar-refractivity contribution in [2.24, 2.45) is 0 Å². The second kappa shape index (κ2) is 8.75. The number of benzene rings is 1. The molecule has 1 aliphatic rings. The number of amides is 1. The molecule has 0 aliphatic carbocycles. The van der Waals surface area contributed by atoms with Gasteiger partial charge < -0.3 is 14.2 Å². The summed E-state index contributed by atoms with van der Waals surface area (Å²) in [6.07, 6.45) is 2.58. The molecule has 4 rings (SSSR count). The van der Waals surface area contributed by atoms with Crippen LogP contribution in [0.3, 0.4) is 0 Å². The molecule has 9 nitrogen and oxygen atoms in total. The Hall–Kier alpha value is -2.72. The number of carbonyl (C=O) groups is 1. The summed E-state index contributed by atoms with van der Waals surface area (Å²) < 4.78 is 12.7. The number of aromatic nitrogens is 5. The molecule has 2 aromatic heterocycles. The average molecular weight is 414 g/mol. The Morgan fingerprint density at radius 3 is 3.00 bits per heavy atom. The van der Waals surface area contributed by atoms with Crippen molar-refractivity contribution in [3.8, 4) is 5.69 Å². The fourth-order valence-electron chi connectivity index (χ4n) is 3.30. The van der Waals surface area contributed by atoms with Gasteiger partial charge in [0.05, 0.1) is 24.7 Å². The predicted octanol–water partition coefficient (Wildman–Crippen LogP) is 2.21. The molecular weight excluding hydrogens is 392 g/mol. The van der Waals surface area contributed by atoms with Crippen LogP contribution in [0.25, 0.3) is 5.69 Å². The molecule has 10 heteroatoms. The van der Waals surface area contributed by atoms with Crippen LogP contribution in [-0.4, -0.2) is 61.2 Å². The number of para-hydroxylation sites is 1. The summed E-state index contributed by atoms with van der Waals surface area (Å²) in [5.74, 6) is 1.14. The van der Waals surface area contributed by atoms with Crippen molar-refractivity contribution in [1.29, 1.82) is 0 Å². The van der Waals surface area contributed by atoms with Gasteiger partial charge in [0.15, 0.2) is 11.0 Å². The lowest BCUT2D eigenvalue weighted by Gasteiger charge is -2.33. The minimum atomic E-state index is -0.364. The van der Waals surface area contributed by atoms with Crippen molar-refractivity contribution >= 4 is 17.7 Å². The zero-order valence-electron chi connectivity index (χ0n) is 16.3. The summed E-state index contributed by atoms with van der Waals surface area (Å²) in [5.41, 5.74) is 2.22. The van der Waals surface area contributed by atoms with Gasteiger partial charge in [-0.25, -0.2) is 0 Å². The molecule has 0 N–H and O–H groups in total. The van der Waals surface area contributed by atoms with E-state index in [1.54, 1.807) is 18.2 Å². The molecule has 29 heavy (non-hydrogen) atoms.